The van der Waals surface area contributed by atoms with Crippen LogP contribution >= 0.6 is 0 Å². The number of hydrogen-bond donors (Lipinski definition) is 2. The number of H-pyrrole nitrogens is 1. The molecule has 1 aromatic heterocycles. The van der Waals surface area contributed by atoms with Crippen molar-refractivity contribution < 1.29 is 9.53 Å². The van der Waals surface area contributed by atoms with Crippen molar-refractivity contribution in [2.24, 2.45) is 0 Å². The first-order chi connectivity index (χ1) is 6.70. The van der Waals surface area contributed by atoms with Crippen LogP contribution in [0, 0.1) is 0 Å². The molecule has 1 rings (SSSR count). The normalized spacial score (nSPS) is 10.5. The van der Waals surface area contributed by atoms with Gasteiger partial charge in [0.1, 0.15) is 0 Å². The molecule has 0 spiro atoms. The van der Waals surface area contributed by atoms with Crippen LogP contribution in [0.25, 0.3) is 0 Å². The first kappa shape index (κ1) is 10.7. The van der Waals surface area contributed by atoms with Gasteiger partial charge in [-0.05, 0) is 13.8 Å². The van der Waals surface area contributed by atoms with E-state index in [1.165, 1.54) is 6.20 Å². The molecule has 1 amide bonds. The number of carbonyl (C=O) groups excluding carboxylic acids is 1. The molecule has 1 heterocycles. The Kier molecular flexibility index (Phi) is 4.12. The van der Waals surface area contributed by atoms with Gasteiger partial charge in [-0.3, -0.25) is 9.89 Å². The molecule has 0 aliphatic rings. The van der Waals surface area contributed by atoms with Crippen molar-refractivity contribution in [3.63, 3.8) is 0 Å². The van der Waals surface area contributed by atoms with Crippen molar-refractivity contribution in [1.82, 2.24) is 15.5 Å². The fraction of sp³-hybridized carbons (Fsp3) is 0.556. The van der Waals surface area contributed by atoms with E-state index in [0.29, 0.717) is 18.7 Å². The van der Waals surface area contributed by atoms with E-state index >= 15 is 0 Å². The second-order valence-corrected chi connectivity index (χ2v) is 3.16. The van der Waals surface area contributed by atoms with Crippen molar-refractivity contribution >= 4 is 5.91 Å². The second-order valence-electron chi connectivity index (χ2n) is 3.16. The van der Waals surface area contributed by atoms with E-state index in [0.717, 1.165) is 0 Å². The van der Waals surface area contributed by atoms with Gasteiger partial charge in [-0.25, -0.2) is 0 Å². The Labute approximate surface area is 82.8 Å². The summed E-state index contributed by atoms with van der Waals surface area (Å²) in [4.78, 5) is 11.3. The van der Waals surface area contributed by atoms with Crippen LogP contribution in [0.1, 0.15) is 24.2 Å². The summed E-state index contributed by atoms with van der Waals surface area (Å²) in [6.07, 6.45) is 3.23. The fourth-order valence-corrected chi connectivity index (χ4v) is 0.936. The van der Waals surface area contributed by atoms with Gasteiger partial charge in [0, 0.05) is 12.7 Å². The SMILES string of the molecule is CC(C)OCCNC(=O)c1cn[nH]c1. The minimum Gasteiger partial charge on any atom is -0.377 e. The molecular formula is C9H15N3O2. The molecule has 5 heteroatoms. The number of nitrogens with one attached hydrogen (secondary N) is 2. The average molecular weight is 197 g/mol. The number of carbonyl (C=O) groups is 1. The average Bonchev–Trinajstić information content (AvgIpc) is 2.64. The van der Waals surface area contributed by atoms with Crippen molar-refractivity contribution in [3.05, 3.63) is 18.0 Å². The van der Waals surface area contributed by atoms with Crippen LogP contribution in [0.15, 0.2) is 12.4 Å². The molecule has 5 nitrogen and oxygen atoms in total. The molecule has 0 radical (unpaired) electrons. The van der Waals surface area contributed by atoms with E-state index in [1.54, 1.807) is 6.20 Å². The Morgan fingerprint density at radius 1 is 1.71 bits per heavy atom. The minimum atomic E-state index is -0.133. The quantitative estimate of drug-likeness (QED) is 0.678. The molecule has 0 bridgehead atoms. The van der Waals surface area contributed by atoms with Gasteiger partial charge in [0.05, 0.1) is 24.5 Å². The van der Waals surface area contributed by atoms with Crippen molar-refractivity contribution in [3.8, 4) is 0 Å². The highest BCUT2D eigenvalue weighted by Crippen LogP contribution is 1.92. The van der Waals surface area contributed by atoms with Gasteiger partial charge in [0.2, 0.25) is 0 Å². The molecule has 78 valence electrons. The number of nitrogens with zero attached hydrogens (tertiary/aromatic N) is 1. The fourth-order valence-electron chi connectivity index (χ4n) is 0.936. The molecule has 0 atom stereocenters. The van der Waals surface area contributed by atoms with Crippen LogP contribution in [-0.4, -0.2) is 35.4 Å². The molecule has 0 saturated heterocycles. The lowest BCUT2D eigenvalue weighted by Crippen LogP contribution is -2.27. The summed E-state index contributed by atoms with van der Waals surface area (Å²) in [5.74, 6) is -0.133. The lowest BCUT2D eigenvalue weighted by atomic mass is 10.3. The maximum atomic E-state index is 11.3. The molecule has 0 fully saturated rings. The monoisotopic (exact) mass is 197 g/mol. The highest BCUT2D eigenvalue weighted by molar-refractivity contribution is 5.93. The number of amides is 1. The van der Waals surface area contributed by atoms with Crippen LogP contribution < -0.4 is 5.32 Å². The van der Waals surface area contributed by atoms with Crippen LogP contribution in [-0.2, 0) is 4.74 Å². The summed E-state index contributed by atoms with van der Waals surface area (Å²) in [6, 6.07) is 0. The Morgan fingerprint density at radius 2 is 2.50 bits per heavy atom. The topological polar surface area (TPSA) is 67.0 Å². The van der Waals surface area contributed by atoms with Gasteiger partial charge in [-0.15, -0.1) is 0 Å². The number of hydrogen-bond acceptors (Lipinski definition) is 3. The van der Waals surface area contributed by atoms with E-state index in [1.807, 2.05) is 13.8 Å². The van der Waals surface area contributed by atoms with E-state index in [-0.39, 0.29) is 12.0 Å². The van der Waals surface area contributed by atoms with Gasteiger partial charge < -0.3 is 10.1 Å². The van der Waals surface area contributed by atoms with Crippen LogP contribution in [0.2, 0.25) is 0 Å². The summed E-state index contributed by atoms with van der Waals surface area (Å²) in [5.41, 5.74) is 0.537. The lowest BCUT2D eigenvalue weighted by Gasteiger charge is -2.07. The number of ether oxygens (including phenoxy) is 1. The van der Waals surface area contributed by atoms with Gasteiger partial charge >= 0.3 is 0 Å². The van der Waals surface area contributed by atoms with E-state index in [2.05, 4.69) is 15.5 Å². The maximum absolute atomic E-state index is 11.3. The Hall–Kier alpha value is -1.36. The third-order valence-electron chi connectivity index (χ3n) is 1.60. The van der Waals surface area contributed by atoms with Crippen molar-refractivity contribution in [1.29, 1.82) is 0 Å². The summed E-state index contributed by atoms with van der Waals surface area (Å²) in [6.45, 7) is 4.96. The molecule has 2 N–H and O–H groups in total. The third kappa shape index (κ3) is 3.57. The zero-order chi connectivity index (χ0) is 10.4. The summed E-state index contributed by atoms with van der Waals surface area (Å²) >= 11 is 0. The number of rotatable bonds is 5. The molecule has 0 aliphatic heterocycles. The summed E-state index contributed by atoms with van der Waals surface area (Å²) in [5, 5.41) is 8.98. The molecule has 0 aromatic carbocycles. The Balaban J connectivity index is 2.16. The summed E-state index contributed by atoms with van der Waals surface area (Å²) < 4.78 is 5.27. The van der Waals surface area contributed by atoms with Crippen molar-refractivity contribution in [2.75, 3.05) is 13.2 Å². The van der Waals surface area contributed by atoms with Crippen LogP contribution in [0.4, 0.5) is 0 Å². The highest BCUT2D eigenvalue weighted by atomic mass is 16.5. The molecule has 14 heavy (non-hydrogen) atoms. The van der Waals surface area contributed by atoms with Gasteiger partial charge in [0.15, 0.2) is 0 Å². The first-order valence-electron chi connectivity index (χ1n) is 4.58. The predicted molar refractivity (Wildman–Crippen MR) is 52.0 cm³/mol. The number of aromatic amines is 1. The third-order valence-corrected chi connectivity index (χ3v) is 1.60. The molecular weight excluding hydrogens is 182 g/mol. The molecule has 0 aliphatic carbocycles. The van der Waals surface area contributed by atoms with Gasteiger partial charge in [-0.2, -0.15) is 5.10 Å². The van der Waals surface area contributed by atoms with Crippen LogP contribution in [0.5, 0.6) is 0 Å². The molecule has 0 unspecified atom stereocenters. The lowest BCUT2D eigenvalue weighted by molar-refractivity contribution is 0.0746. The zero-order valence-corrected chi connectivity index (χ0v) is 8.41. The zero-order valence-electron chi connectivity index (χ0n) is 8.41. The molecule has 1 aromatic rings. The largest absolute Gasteiger partial charge is 0.377 e. The predicted octanol–water partition coefficient (Wildman–Crippen LogP) is 0.564. The Morgan fingerprint density at radius 3 is 3.07 bits per heavy atom. The first-order valence-corrected chi connectivity index (χ1v) is 4.58. The summed E-state index contributed by atoms with van der Waals surface area (Å²) in [7, 11) is 0. The molecule has 0 saturated carbocycles. The highest BCUT2D eigenvalue weighted by Gasteiger charge is 2.04. The smallest absolute Gasteiger partial charge is 0.254 e. The van der Waals surface area contributed by atoms with Gasteiger partial charge in [0.25, 0.3) is 5.91 Å². The van der Waals surface area contributed by atoms with E-state index < -0.39 is 0 Å². The van der Waals surface area contributed by atoms with E-state index in [4.69, 9.17) is 4.74 Å². The maximum Gasteiger partial charge on any atom is 0.254 e. The van der Waals surface area contributed by atoms with E-state index in [9.17, 15) is 4.79 Å². The number of aromatic nitrogens is 2. The second kappa shape index (κ2) is 5.39. The van der Waals surface area contributed by atoms with Gasteiger partial charge in [-0.1, -0.05) is 0 Å². The van der Waals surface area contributed by atoms with Crippen LogP contribution in [0.3, 0.4) is 0 Å². The minimum absolute atomic E-state index is 0.133. The standard InChI is InChI=1S/C9H15N3O2/c1-7(2)14-4-3-10-9(13)8-5-11-12-6-8/h5-7H,3-4H2,1-2H3,(H,10,13)(H,11,12). The Bertz CT molecular complexity index is 270. The van der Waals surface area contributed by atoms with Crippen molar-refractivity contribution in [2.45, 2.75) is 20.0 Å².